The number of nitrogens with zero attached hydrogens (tertiary/aromatic N) is 3. The Kier molecular flexibility index (Phi) is 4.34. The molecule has 6 nitrogen and oxygen atoms in total. The standard InChI is InChI=1S/C14H18N4O2/c1-11(5-6-12-4-3-9-17(12)2)16-14-8-7-13(10-15-14)18(19)20/h3-4,7-11H,5-6H2,1-2H3,(H,15,16)/t11-/m0/s1. The molecule has 0 fully saturated rings. The summed E-state index contributed by atoms with van der Waals surface area (Å²) in [5, 5.41) is 13.8. The van der Waals surface area contributed by atoms with Crippen LogP contribution in [0.2, 0.25) is 0 Å². The Balaban J connectivity index is 1.86. The number of pyridine rings is 1. The molecule has 0 aromatic carbocycles. The third-order valence-corrected chi connectivity index (χ3v) is 3.24. The van der Waals surface area contributed by atoms with Crippen LogP contribution in [-0.2, 0) is 13.5 Å². The molecule has 106 valence electrons. The van der Waals surface area contributed by atoms with Crippen molar-refractivity contribution in [3.8, 4) is 0 Å². The molecule has 6 heteroatoms. The van der Waals surface area contributed by atoms with Crippen LogP contribution in [0.4, 0.5) is 11.5 Å². The zero-order chi connectivity index (χ0) is 14.5. The van der Waals surface area contributed by atoms with Crippen LogP contribution in [0.15, 0.2) is 36.7 Å². The summed E-state index contributed by atoms with van der Waals surface area (Å²) < 4.78 is 2.11. The summed E-state index contributed by atoms with van der Waals surface area (Å²) in [4.78, 5) is 14.1. The Labute approximate surface area is 117 Å². The van der Waals surface area contributed by atoms with E-state index in [0.29, 0.717) is 5.82 Å². The molecule has 0 saturated carbocycles. The van der Waals surface area contributed by atoms with Gasteiger partial charge in [-0.25, -0.2) is 4.98 Å². The topological polar surface area (TPSA) is 73.0 Å². The Bertz CT molecular complexity index is 577. The summed E-state index contributed by atoms with van der Waals surface area (Å²) in [5.74, 6) is 0.662. The number of anilines is 1. The van der Waals surface area contributed by atoms with Gasteiger partial charge in [-0.05, 0) is 38.0 Å². The lowest BCUT2D eigenvalue weighted by Gasteiger charge is -2.14. The molecule has 20 heavy (non-hydrogen) atoms. The molecule has 2 heterocycles. The van der Waals surface area contributed by atoms with Crippen LogP contribution in [0.5, 0.6) is 0 Å². The molecule has 0 spiro atoms. The highest BCUT2D eigenvalue weighted by molar-refractivity contribution is 5.40. The molecule has 2 aromatic heterocycles. The average Bonchev–Trinajstić information content (AvgIpc) is 2.82. The van der Waals surface area contributed by atoms with Crippen molar-refractivity contribution < 1.29 is 4.92 Å². The Morgan fingerprint density at radius 2 is 2.25 bits per heavy atom. The van der Waals surface area contributed by atoms with Crippen LogP contribution in [0, 0.1) is 10.1 Å². The van der Waals surface area contributed by atoms with Crippen LogP contribution < -0.4 is 5.32 Å². The van der Waals surface area contributed by atoms with E-state index >= 15 is 0 Å². The molecule has 0 bridgehead atoms. The highest BCUT2D eigenvalue weighted by Crippen LogP contribution is 2.14. The van der Waals surface area contributed by atoms with E-state index in [1.54, 1.807) is 6.07 Å². The Morgan fingerprint density at radius 1 is 1.45 bits per heavy atom. The molecule has 0 unspecified atom stereocenters. The smallest absolute Gasteiger partial charge is 0.287 e. The van der Waals surface area contributed by atoms with E-state index in [-0.39, 0.29) is 11.7 Å². The highest BCUT2D eigenvalue weighted by Gasteiger charge is 2.08. The minimum absolute atomic E-state index is 0.00649. The van der Waals surface area contributed by atoms with Crippen molar-refractivity contribution in [3.63, 3.8) is 0 Å². The van der Waals surface area contributed by atoms with Gasteiger partial charge < -0.3 is 9.88 Å². The predicted octanol–water partition coefficient (Wildman–Crippen LogP) is 2.76. The summed E-state index contributed by atoms with van der Waals surface area (Å²) in [7, 11) is 2.03. The van der Waals surface area contributed by atoms with Gasteiger partial charge in [0.2, 0.25) is 0 Å². The van der Waals surface area contributed by atoms with Crippen LogP contribution in [-0.4, -0.2) is 20.5 Å². The maximum atomic E-state index is 10.5. The molecule has 2 rings (SSSR count). The van der Waals surface area contributed by atoms with Gasteiger partial charge in [0.05, 0.1) is 4.92 Å². The minimum atomic E-state index is -0.449. The van der Waals surface area contributed by atoms with Gasteiger partial charge in [0.15, 0.2) is 0 Å². The number of nitrogens with one attached hydrogen (secondary N) is 1. The van der Waals surface area contributed by atoms with Gasteiger partial charge in [0, 0.05) is 31.0 Å². The first kappa shape index (κ1) is 14.0. The normalized spacial score (nSPS) is 12.1. The van der Waals surface area contributed by atoms with Crippen molar-refractivity contribution in [1.29, 1.82) is 0 Å². The van der Waals surface area contributed by atoms with Crippen LogP contribution in [0.25, 0.3) is 0 Å². The van der Waals surface area contributed by atoms with Gasteiger partial charge in [-0.2, -0.15) is 0 Å². The van der Waals surface area contributed by atoms with E-state index in [9.17, 15) is 10.1 Å². The van der Waals surface area contributed by atoms with Crippen LogP contribution >= 0.6 is 0 Å². The second kappa shape index (κ2) is 6.18. The molecule has 2 aromatic rings. The van der Waals surface area contributed by atoms with Crippen molar-refractivity contribution >= 4 is 11.5 Å². The summed E-state index contributed by atoms with van der Waals surface area (Å²) in [6.45, 7) is 2.08. The third-order valence-electron chi connectivity index (χ3n) is 3.24. The predicted molar refractivity (Wildman–Crippen MR) is 77.7 cm³/mol. The van der Waals surface area contributed by atoms with E-state index < -0.39 is 4.92 Å². The molecule has 0 saturated heterocycles. The van der Waals surface area contributed by atoms with Gasteiger partial charge in [-0.15, -0.1) is 0 Å². The van der Waals surface area contributed by atoms with E-state index in [1.807, 2.05) is 19.3 Å². The summed E-state index contributed by atoms with van der Waals surface area (Å²) >= 11 is 0. The van der Waals surface area contributed by atoms with Crippen LogP contribution in [0.1, 0.15) is 19.0 Å². The number of aromatic nitrogens is 2. The second-order valence-electron chi connectivity index (χ2n) is 4.85. The third kappa shape index (κ3) is 3.57. The molecule has 0 aliphatic heterocycles. The lowest BCUT2D eigenvalue weighted by molar-refractivity contribution is -0.385. The highest BCUT2D eigenvalue weighted by atomic mass is 16.6. The first-order valence-corrected chi connectivity index (χ1v) is 6.53. The van der Waals surface area contributed by atoms with E-state index in [0.717, 1.165) is 12.8 Å². The summed E-state index contributed by atoms with van der Waals surface area (Å²) in [6, 6.07) is 7.48. The molecule has 0 amide bonds. The van der Waals surface area contributed by atoms with Crippen molar-refractivity contribution in [2.75, 3.05) is 5.32 Å². The Morgan fingerprint density at radius 3 is 2.80 bits per heavy atom. The van der Waals surface area contributed by atoms with Gasteiger partial charge in [-0.1, -0.05) is 0 Å². The van der Waals surface area contributed by atoms with Crippen LogP contribution in [0.3, 0.4) is 0 Å². The van der Waals surface area contributed by atoms with Gasteiger partial charge >= 0.3 is 0 Å². The molecule has 0 aliphatic rings. The monoisotopic (exact) mass is 274 g/mol. The molecular formula is C14H18N4O2. The quantitative estimate of drug-likeness (QED) is 0.649. The fraction of sp³-hybridized carbons (Fsp3) is 0.357. The fourth-order valence-corrected chi connectivity index (χ4v) is 2.02. The zero-order valence-electron chi connectivity index (χ0n) is 11.6. The first-order valence-electron chi connectivity index (χ1n) is 6.53. The van der Waals surface area contributed by atoms with Crippen molar-refractivity contribution in [2.45, 2.75) is 25.8 Å². The van der Waals surface area contributed by atoms with Crippen molar-refractivity contribution in [1.82, 2.24) is 9.55 Å². The number of rotatable bonds is 6. The SMILES string of the molecule is C[C@@H](CCc1cccn1C)Nc1ccc([N+](=O)[O-])cn1. The molecule has 0 aliphatic carbocycles. The van der Waals surface area contributed by atoms with E-state index in [1.165, 1.54) is 18.0 Å². The van der Waals surface area contributed by atoms with Gasteiger partial charge in [-0.3, -0.25) is 10.1 Å². The first-order chi connectivity index (χ1) is 9.56. The number of hydrogen-bond acceptors (Lipinski definition) is 4. The molecule has 1 N–H and O–H groups in total. The van der Waals surface area contributed by atoms with Gasteiger partial charge in [0.25, 0.3) is 5.69 Å². The maximum Gasteiger partial charge on any atom is 0.287 e. The number of nitro groups is 1. The lowest BCUT2D eigenvalue weighted by atomic mass is 10.1. The molecule has 1 atom stereocenters. The zero-order valence-corrected chi connectivity index (χ0v) is 11.6. The average molecular weight is 274 g/mol. The molecular weight excluding hydrogens is 256 g/mol. The van der Waals surface area contributed by atoms with Crippen molar-refractivity contribution in [3.05, 3.63) is 52.5 Å². The summed E-state index contributed by atoms with van der Waals surface area (Å²) in [5.41, 5.74) is 1.29. The minimum Gasteiger partial charge on any atom is -0.368 e. The Hall–Kier alpha value is -2.37. The maximum absolute atomic E-state index is 10.5. The molecule has 0 radical (unpaired) electrons. The summed E-state index contributed by atoms with van der Waals surface area (Å²) in [6.07, 6.45) is 5.25. The van der Waals surface area contributed by atoms with Gasteiger partial charge in [0.1, 0.15) is 12.0 Å². The van der Waals surface area contributed by atoms with Crippen molar-refractivity contribution in [2.24, 2.45) is 7.05 Å². The number of aryl methyl sites for hydroxylation is 2. The lowest BCUT2D eigenvalue weighted by Crippen LogP contribution is -2.17. The largest absolute Gasteiger partial charge is 0.368 e. The number of hydrogen-bond donors (Lipinski definition) is 1. The fourth-order valence-electron chi connectivity index (χ4n) is 2.02. The second-order valence-corrected chi connectivity index (χ2v) is 4.85. The van der Waals surface area contributed by atoms with E-state index in [4.69, 9.17) is 0 Å². The van der Waals surface area contributed by atoms with E-state index in [2.05, 4.69) is 27.9 Å².